The van der Waals surface area contributed by atoms with E-state index in [2.05, 4.69) is 17.2 Å². The zero-order chi connectivity index (χ0) is 12.1. The molecule has 1 fully saturated rings. The molecule has 2 heterocycles. The number of hydrogen-bond donors (Lipinski definition) is 1. The van der Waals surface area contributed by atoms with E-state index in [4.69, 9.17) is 0 Å². The molecule has 0 atom stereocenters. The summed E-state index contributed by atoms with van der Waals surface area (Å²) in [5, 5.41) is 4.17. The van der Waals surface area contributed by atoms with E-state index in [1.54, 1.807) is 24.0 Å². The molecule has 1 saturated heterocycles. The smallest absolute Gasteiger partial charge is 0.254 e. The minimum Gasteiger partial charge on any atom is -0.336 e. The highest BCUT2D eigenvalue weighted by Crippen LogP contribution is 2.16. The van der Waals surface area contributed by atoms with E-state index in [-0.39, 0.29) is 18.3 Å². The van der Waals surface area contributed by atoms with Crippen molar-refractivity contribution < 1.29 is 4.79 Å². The van der Waals surface area contributed by atoms with E-state index in [9.17, 15) is 4.79 Å². The SMILES string of the molecule is CCSc1cc(C(=O)N2CCNCC2)ccn1.Cl. The molecule has 0 unspecified atom stereocenters. The van der Waals surface area contributed by atoms with Gasteiger partial charge in [-0.1, -0.05) is 6.92 Å². The molecule has 1 aliphatic heterocycles. The van der Waals surface area contributed by atoms with Crippen LogP contribution in [0.5, 0.6) is 0 Å². The van der Waals surface area contributed by atoms with Gasteiger partial charge in [0.15, 0.2) is 0 Å². The molecule has 1 aromatic heterocycles. The summed E-state index contributed by atoms with van der Waals surface area (Å²) < 4.78 is 0. The molecule has 0 spiro atoms. The Morgan fingerprint density at radius 3 is 2.89 bits per heavy atom. The lowest BCUT2D eigenvalue weighted by molar-refractivity contribution is 0.0735. The van der Waals surface area contributed by atoms with E-state index >= 15 is 0 Å². The van der Waals surface area contributed by atoms with Crippen LogP contribution in [0.1, 0.15) is 17.3 Å². The molecule has 1 N–H and O–H groups in total. The number of pyridine rings is 1. The van der Waals surface area contributed by atoms with Gasteiger partial charge in [0.1, 0.15) is 0 Å². The fraction of sp³-hybridized carbons (Fsp3) is 0.500. The summed E-state index contributed by atoms with van der Waals surface area (Å²) in [6.45, 7) is 5.42. The van der Waals surface area contributed by atoms with Crippen LogP contribution < -0.4 is 5.32 Å². The van der Waals surface area contributed by atoms with Gasteiger partial charge in [-0.2, -0.15) is 0 Å². The number of piperazine rings is 1. The van der Waals surface area contributed by atoms with Crippen LogP contribution in [0.15, 0.2) is 23.4 Å². The number of nitrogens with one attached hydrogen (secondary N) is 1. The molecule has 0 saturated carbocycles. The summed E-state index contributed by atoms with van der Waals surface area (Å²) in [6, 6.07) is 3.68. The number of carbonyl (C=O) groups excluding carboxylic acids is 1. The molecule has 0 bridgehead atoms. The van der Waals surface area contributed by atoms with Crippen LogP contribution in [0.4, 0.5) is 0 Å². The maximum Gasteiger partial charge on any atom is 0.254 e. The van der Waals surface area contributed by atoms with E-state index in [0.29, 0.717) is 0 Å². The molecule has 18 heavy (non-hydrogen) atoms. The van der Waals surface area contributed by atoms with Gasteiger partial charge in [0.2, 0.25) is 0 Å². The molecule has 1 aliphatic rings. The van der Waals surface area contributed by atoms with Crippen molar-refractivity contribution in [1.29, 1.82) is 0 Å². The minimum atomic E-state index is 0. The maximum absolute atomic E-state index is 12.2. The van der Waals surface area contributed by atoms with Crippen LogP contribution in [0.25, 0.3) is 0 Å². The predicted octanol–water partition coefficient (Wildman–Crippen LogP) is 1.66. The standard InChI is InChI=1S/C12H17N3OS.ClH/c1-2-17-11-9-10(3-4-14-11)12(16)15-7-5-13-6-8-15;/h3-4,9,13H,2,5-8H2,1H3;1H. The van der Waals surface area contributed by atoms with Gasteiger partial charge in [0.25, 0.3) is 5.91 Å². The Labute approximate surface area is 118 Å². The summed E-state index contributed by atoms with van der Waals surface area (Å²) in [6.07, 6.45) is 1.72. The Hall–Kier alpha value is -0.780. The molecule has 0 aromatic carbocycles. The third-order valence-corrected chi connectivity index (χ3v) is 3.49. The Balaban J connectivity index is 0.00000162. The van der Waals surface area contributed by atoms with Crippen molar-refractivity contribution in [3.8, 4) is 0 Å². The van der Waals surface area contributed by atoms with Crippen molar-refractivity contribution in [2.75, 3.05) is 31.9 Å². The van der Waals surface area contributed by atoms with Crippen LogP contribution in [0, 0.1) is 0 Å². The molecule has 1 amide bonds. The maximum atomic E-state index is 12.2. The third-order valence-electron chi connectivity index (χ3n) is 2.68. The number of thioether (sulfide) groups is 1. The molecule has 6 heteroatoms. The van der Waals surface area contributed by atoms with Crippen molar-refractivity contribution in [3.63, 3.8) is 0 Å². The lowest BCUT2D eigenvalue weighted by atomic mass is 10.2. The van der Waals surface area contributed by atoms with Crippen molar-refractivity contribution in [2.45, 2.75) is 11.9 Å². The largest absolute Gasteiger partial charge is 0.336 e. The Morgan fingerprint density at radius 2 is 2.22 bits per heavy atom. The highest BCUT2D eigenvalue weighted by molar-refractivity contribution is 7.99. The summed E-state index contributed by atoms with van der Waals surface area (Å²) in [7, 11) is 0. The lowest BCUT2D eigenvalue weighted by Gasteiger charge is -2.27. The molecular weight excluding hydrogens is 270 g/mol. The second-order valence-corrected chi connectivity index (χ2v) is 5.14. The van der Waals surface area contributed by atoms with Gasteiger partial charge in [-0.3, -0.25) is 4.79 Å². The topological polar surface area (TPSA) is 45.2 Å². The van der Waals surface area contributed by atoms with Gasteiger partial charge in [-0.05, 0) is 17.9 Å². The number of rotatable bonds is 3. The first-order valence-electron chi connectivity index (χ1n) is 5.90. The molecule has 1 aromatic rings. The fourth-order valence-electron chi connectivity index (χ4n) is 1.82. The Morgan fingerprint density at radius 1 is 1.50 bits per heavy atom. The molecular formula is C12H18ClN3OS. The van der Waals surface area contributed by atoms with Crippen molar-refractivity contribution in [3.05, 3.63) is 23.9 Å². The zero-order valence-electron chi connectivity index (χ0n) is 10.4. The fourth-order valence-corrected chi connectivity index (χ4v) is 2.46. The summed E-state index contributed by atoms with van der Waals surface area (Å²) in [5.41, 5.74) is 0.748. The van der Waals surface area contributed by atoms with Crippen LogP contribution in [-0.4, -0.2) is 47.7 Å². The molecule has 4 nitrogen and oxygen atoms in total. The Bertz CT molecular complexity index is 397. The van der Waals surface area contributed by atoms with Gasteiger partial charge in [0, 0.05) is 37.9 Å². The number of hydrogen-bond acceptors (Lipinski definition) is 4. The minimum absolute atomic E-state index is 0. The van der Waals surface area contributed by atoms with Gasteiger partial charge in [-0.15, -0.1) is 24.2 Å². The first-order chi connectivity index (χ1) is 8.31. The summed E-state index contributed by atoms with van der Waals surface area (Å²) in [5.74, 6) is 1.09. The lowest BCUT2D eigenvalue weighted by Crippen LogP contribution is -2.46. The quantitative estimate of drug-likeness (QED) is 0.859. The number of nitrogens with zero attached hydrogens (tertiary/aromatic N) is 2. The van der Waals surface area contributed by atoms with E-state index in [1.807, 2.05) is 11.0 Å². The zero-order valence-corrected chi connectivity index (χ0v) is 12.0. The number of carbonyl (C=O) groups is 1. The van der Waals surface area contributed by atoms with Crippen molar-refractivity contribution in [1.82, 2.24) is 15.2 Å². The average Bonchev–Trinajstić information content (AvgIpc) is 2.40. The number of amides is 1. The second kappa shape index (κ2) is 7.61. The summed E-state index contributed by atoms with van der Waals surface area (Å²) in [4.78, 5) is 18.3. The number of aromatic nitrogens is 1. The van der Waals surface area contributed by atoms with Gasteiger partial charge in [0.05, 0.1) is 5.03 Å². The van der Waals surface area contributed by atoms with Crippen LogP contribution in [0.3, 0.4) is 0 Å². The Kier molecular flexibility index (Phi) is 6.46. The van der Waals surface area contributed by atoms with Gasteiger partial charge in [-0.25, -0.2) is 4.98 Å². The molecule has 2 rings (SSSR count). The number of halogens is 1. The van der Waals surface area contributed by atoms with Crippen molar-refractivity contribution in [2.24, 2.45) is 0 Å². The second-order valence-electron chi connectivity index (χ2n) is 3.86. The van der Waals surface area contributed by atoms with Crippen LogP contribution in [-0.2, 0) is 0 Å². The first-order valence-corrected chi connectivity index (χ1v) is 6.88. The van der Waals surface area contributed by atoms with Gasteiger partial charge >= 0.3 is 0 Å². The van der Waals surface area contributed by atoms with Crippen molar-refractivity contribution >= 4 is 30.1 Å². The highest BCUT2D eigenvalue weighted by atomic mass is 35.5. The molecule has 0 radical (unpaired) electrons. The van der Waals surface area contributed by atoms with Gasteiger partial charge < -0.3 is 10.2 Å². The summed E-state index contributed by atoms with van der Waals surface area (Å²) >= 11 is 1.66. The van der Waals surface area contributed by atoms with E-state index < -0.39 is 0 Å². The third kappa shape index (κ3) is 3.86. The van der Waals surface area contributed by atoms with E-state index in [0.717, 1.165) is 42.5 Å². The van der Waals surface area contributed by atoms with Crippen LogP contribution in [0.2, 0.25) is 0 Å². The van der Waals surface area contributed by atoms with E-state index in [1.165, 1.54) is 0 Å². The highest BCUT2D eigenvalue weighted by Gasteiger charge is 2.18. The average molecular weight is 288 g/mol. The first kappa shape index (κ1) is 15.3. The monoisotopic (exact) mass is 287 g/mol. The molecule has 100 valence electrons. The van der Waals surface area contributed by atoms with Crippen LogP contribution >= 0.6 is 24.2 Å². The normalized spacial score (nSPS) is 15.1. The molecule has 0 aliphatic carbocycles. The predicted molar refractivity (Wildman–Crippen MR) is 76.7 cm³/mol.